The Morgan fingerprint density at radius 3 is 2.34 bits per heavy atom. The van der Waals surface area contributed by atoms with Gasteiger partial charge in [0.2, 0.25) is 10.0 Å². The topological polar surface area (TPSA) is 105 Å². The lowest BCUT2D eigenvalue weighted by molar-refractivity contribution is 0.0969. The standard InChI is InChI=1S/C30H36N2O5S/c1-38(35,36)32-30(34)27-17-16-25(20-29(27)37-26-10-6-3-7-11-26)23-14-12-22(13-15-23)18-19-31-21-28(33)24-8-4-2-5-9-24/h2,4-5,8-9,12-17,20,26,28,31,33H,3,6-7,10-11,18-19,21H2,1H3,(H,32,34)/t28-/m0/s1. The van der Waals surface area contributed by atoms with Gasteiger partial charge >= 0.3 is 0 Å². The Morgan fingerprint density at radius 1 is 0.974 bits per heavy atom. The molecule has 3 aromatic rings. The molecule has 0 radical (unpaired) electrons. The summed E-state index contributed by atoms with van der Waals surface area (Å²) in [5.74, 6) is -0.286. The molecule has 0 spiro atoms. The van der Waals surface area contributed by atoms with Crippen LogP contribution in [0.5, 0.6) is 5.75 Å². The fourth-order valence-electron chi connectivity index (χ4n) is 4.70. The van der Waals surface area contributed by atoms with Crippen molar-refractivity contribution in [1.82, 2.24) is 10.0 Å². The molecule has 38 heavy (non-hydrogen) atoms. The number of carbonyl (C=O) groups is 1. The van der Waals surface area contributed by atoms with E-state index in [1.165, 1.54) is 12.0 Å². The van der Waals surface area contributed by atoms with Crippen molar-refractivity contribution in [1.29, 1.82) is 0 Å². The molecule has 4 rings (SSSR count). The molecule has 1 aliphatic carbocycles. The number of benzene rings is 3. The molecule has 7 nitrogen and oxygen atoms in total. The van der Waals surface area contributed by atoms with Crippen molar-refractivity contribution in [3.05, 3.63) is 89.5 Å². The zero-order valence-electron chi connectivity index (χ0n) is 21.7. The first-order chi connectivity index (χ1) is 18.3. The second kappa shape index (κ2) is 13.0. The van der Waals surface area contributed by atoms with Crippen LogP contribution in [0.2, 0.25) is 0 Å². The van der Waals surface area contributed by atoms with Crippen LogP contribution < -0.4 is 14.8 Å². The van der Waals surface area contributed by atoms with Crippen molar-refractivity contribution < 1.29 is 23.1 Å². The summed E-state index contributed by atoms with van der Waals surface area (Å²) in [5, 5.41) is 13.6. The number of nitrogens with one attached hydrogen (secondary N) is 2. The van der Waals surface area contributed by atoms with Crippen LogP contribution in [-0.2, 0) is 16.4 Å². The SMILES string of the molecule is CS(=O)(=O)NC(=O)c1ccc(-c2ccc(CCNC[C@H](O)c3ccccc3)cc2)cc1OC1CCCCC1. The smallest absolute Gasteiger partial charge is 0.268 e. The molecule has 0 unspecified atom stereocenters. The lowest BCUT2D eigenvalue weighted by atomic mass is 9.97. The van der Waals surface area contributed by atoms with E-state index in [9.17, 15) is 18.3 Å². The number of hydrogen-bond donors (Lipinski definition) is 3. The maximum Gasteiger partial charge on any atom is 0.268 e. The van der Waals surface area contributed by atoms with Crippen LogP contribution in [0.3, 0.4) is 0 Å². The van der Waals surface area contributed by atoms with Crippen molar-refractivity contribution in [3.8, 4) is 16.9 Å². The van der Waals surface area contributed by atoms with Crippen LogP contribution in [0.1, 0.15) is 59.7 Å². The Kier molecular flexibility index (Phi) is 9.55. The summed E-state index contributed by atoms with van der Waals surface area (Å²) in [4.78, 5) is 12.7. The summed E-state index contributed by atoms with van der Waals surface area (Å²) in [5.41, 5.74) is 4.14. The highest BCUT2D eigenvalue weighted by molar-refractivity contribution is 7.89. The van der Waals surface area contributed by atoms with Gasteiger partial charge in [0.25, 0.3) is 5.91 Å². The maximum absolute atomic E-state index is 12.7. The Labute approximate surface area is 225 Å². The van der Waals surface area contributed by atoms with Gasteiger partial charge in [0.15, 0.2) is 0 Å². The van der Waals surface area contributed by atoms with E-state index in [0.717, 1.165) is 61.6 Å². The number of ether oxygens (including phenoxy) is 1. The predicted octanol–water partition coefficient (Wildman–Crippen LogP) is 4.62. The molecule has 1 amide bonds. The predicted molar refractivity (Wildman–Crippen MR) is 150 cm³/mol. The first-order valence-corrected chi connectivity index (χ1v) is 15.0. The summed E-state index contributed by atoms with van der Waals surface area (Å²) >= 11 is 0. The summed E-state index contributed by atoms with van der Waals surface area (Å²) < 4.78 is 31.6. The highest BCUT2D eigenvalue weighted by Crippen LogP contribution is 2.31. The van der Waals surface area contributed by atoms with E-state index >= 15 is 0 Å². The van der Waals surface area contributed by atoms with Crippen LogP contribution in [0, 0.1) is 0 Å². The van der Waals surface area contributed by atoms with Gasteiger partial charge in [-0.25, -0.2) is 13.1 Å². The molecule has 202 valence electrons. The van der Waals surface area contributed by atoms with Gasteiger partial charge in [-0.3, -0.25) is 4.79 Å². The van der Waals surface area contributed by atoms with Crippen LogP contribution in [-0.4, -0.2) is 44.9 Å². The highest BCUT2D eigenvalue weighted by atomic mass is 32.2. The van der Waals surface area contributed by atoms with Crippen molar-refractivity contribution >= 4 is 15.9 Å². The lowest BCUT2D eigenvalue weighted by Gasteiger charge is -2.24. The molecule has 0 saturated heterocycles. The zero-order valence-corrected chi connectivity index (χ0v) is 22.5. The molecule has 0 heterocycles. The Morgan fingerprint density at radius 2 is 1.66 bits per heavy atom. The second-order valence-corrected chi connectivity index (χ2v) is 11.6. The van der Waals surface area contributed by atoms with Crippen LogP contribution in [0.25, 0.3) is 11.1 Å². The molecular weight excluding hydrogens is 500 g/mol. The van der Waals surface area contributed by atoms with Gasteiger partial charge in [0, 0.05) is 6.54 Å². The molecule has 8 heteroatoms. The van der Waals surface area contributed by atoms with E-state index < -0.39 is 22.0 Å². The lowest BCUT2D eigenvalue weighted by Crippen LogP contribution is -2.30. The van der Waals surface area contributed by atoms with E-state index in [4.69, 9.17) is 4.74 Å². The van der Waals surface area contributed by atoms with E-state index in [1.807, 2.05) is 54.6 Å². The number of sulfonamides is 1. The van der Waals surface area contributed by atoms with Crippen LogP contribution in [0.15, 0.2) is 72.8 Å². The van der Waals surface area contributed by atoms with Gasteiger partial charge in [-0.2, -0.15) is 0 Å². The maximum atomic E-state index is 12.7. The van der Waals surface area contributed by atoms with Gasteiger partial charge in [0.1, 0.15) is 5.75 Å². The molecule has 0 aromatic heterocycles. The molecule has 1 atom stereocenters. The first-order valence-electron chi connectivity index (χ1n) is 13.1. The van der Waals surface area contributed by atoms with Crippen LogP contribution >= 0.6 is 0 Å². The Bertz CT molecular complexity index is 1300. The van der Waals surface area contributed by atoms with Crippen molar-refractivity contribution in [2.45, 2.75) is 50.7 Å². The number of carbonyl (C=O) groups excluding carboxylic acids is 1. The summed E-state index contributed by atoms with van der Waals surface area (Å²) in [6.07, 6.45) is 6.44. The Balaban J connectivity index is 1.41. The molecular formula is C30H36N2O5S. The number of rotatable bonds is 11. The van der Waals surface area contributed by atoms with Gasteiger partial charge in [-0.05, 0) is 73.0 Å². The molecule has 0 bridgehead atoms. The zero-order chi connectivity index (χ0) is 27.0. The molecule has 3 aromatic carbocycles. The molecule has 3 N–H and O–H groups in total. The third-order valence-electron chi connectivity index (χ3n) is 6.75. The number of aliphatic hydroxyl groups excluding tert-OH is 1. The Hall–Kier alpha value is -3.20. The average molecular weight is 537 g/mol. The van der Waals surface area contributed by atoms with E-state index in [0.29, 0.717) is 12.3 Å². The van der Waals surface area contributed by atoms with E-state index in [-0.39, 0.29) is 11.7 Å². The van der Waals surface area contributed by atoms with E-state index in [2.05, 4.69) is 22.2 Å². The molecule has 1 aliphatic rings. The number of amides is 1. The fourth-order valence-corrected chi connectivity index (χ4v) is 5.15. The summed E-state index contributed by atoms with van der Waals surface area (Å²) in [6, 6.07) is 23.1. The number of hydrogen-bond acceptors (Lipinski definition) is 6. The fraction of sp³-hybridized carbons (Fsp3) is 0.367. The highest BCUT2D eigenvalue weighted by Gasteiger charge is 2.21. The van der Waals surface area contributed by atoms with Crippen molar-refractivity contribution in [2.24, 2.45) is 0 Å². The monoisotopic (exact) mass is 536 g/mol. The largest absolute Gasteiger partial charge is 0.490 e. The molecule has 1 saturated carbocycles. The summed E-state index contributed by atoms with van der Waals surface area (Å²) in [6.45, 7) is 1.23. The second-order valence-electron chi connectivity index (χ2n) is 9.87. The normalized spacial score (nSPS) is 15.1. The third-order valence-corrected chi connectivity index (χ3v) is 7.31. The van der Waals surface area contributed by atoms with Gasteiger partial charge in [-0.15, -0.1) is 0 Å². The van der Waals surface area contributed by atoms with Crippen molar-refractivity contribution in [3.63, 3.8) is 0 Å². The minimum absolute atomic E-state index is 0.0130. The molecule has 1 fully saturated rings. The molecule has 0 aliphatic heterocycles. The van der Waals surface area contributed by atoms with Gasteiger partial charge in [-0.1, -0.05) is 67.1 Å². The van der Waals surface area contributed by atoms with Crippen molar-refractivity contribution in [2.75, 3.05) is 19.3 Å². The van der Waals surface area contributed by atoms with E-state index in [1.54, 1.807) is 6.07 Å². The quantitative estimate of drug-likeness (QED) is 0.309. The average Bonchev–Trinajstić information content (AvgIpc) is 2.91. The summed E-state index contributed by atoms with van der Waals surface area (Å²) in [7, 11) is -3.69. The minimum Gasteiger partial charge on any atom is -0.490 e. The third kappa shape index (κ3) is 8.15. The number of aliphatic hydroxyl groups is 1. The first kappa shape index (κ1) is 27.8. The van der Waals surface area contributed by atoms with Crippen LogP contribution in [0.4, 0.5) is 0 Å². The van der Waals surface area contributed by atoms with Gasteiger partial charge < -0.3 is 15.2 Å². The van der Waals surface area contributed by atoms with Gasteiger partial charge in [0.05, 0.1) is 24.0 Å². The minimum atomic E-state index is -3.69.